The summed E-state index contributed by atoms with van der Waals surface area (Å²) in [4.78, 5) is 8.94. The van der Waals surface area contributed by atoms with Crippen LogP contribution in [0.5, 0.6) is 5.88 Å². The third-order valence-corrected chi connectivity index (χ3v) is 4.06. The van der Waals surface area contributed by atoms with Crippen molar-refractivity contribution in [3.8, 4) is 11.6 Å². The van der Waals surface area contributed by atoms with Gasteiger partial charge in [0.1, 0.15) is 11.3 Å². The lowest BCUT2D eigenvalue weighted by atomic mass is 10.3. The van der Waals surface area contributed by atoms with Crippen LogP contribution in [0, 0.1) is 0 Å². The Morgan fingerprint density at radius 3 is 2.71 bits per heavy atom. The smallest absolute Gasteiger partial charge is 0.215 e. The normalized spacial score (nSPS) is 11.0. The van der Waals surface area contributed by atoms with E-state index in [1.165, 1.54) is 0 Å². The van der Waals surface area contributed by atoms with Crippen molar-refractivity contribution in [2.75, 3.05) is 7.11 Å². The van der Waals surface area contributed by atoms with E-state index in [2.05, 4.69) is 25.9 Å². The predicted octanol–water partition coefficient (Wildman–Crippen LogP) is 4.58. The first-order valence-corrected chi connectivity index (χ1v) is 7.78. The van der Waals surface area contributed by atoms with Gasteiger partial charge in [0, 0.05) is 10.5 Å². The van der Waals surface area contributed by atoms with Crippen molar-refractivity contribution in [3.05, 3.63) is 45.7 Å². The number of halogens is 3. The molecule has 7 heteroatoms. The summed E-state index contributed by atoms with van der Waals surface area (Å²) in [6, 6.07) is 9.23. The molecule has 0 amide bonds. The van der Waals surface area contributed by atoms with E-state index in [4.69, 9.17) is 27.9 Å². The van der Waals surface area contributed by atoms with Gasteiger partial charge in [-0.3, -0.25) is 4.57 Å². The molecular formula is C14H10BrCl2N3O. The van der Waals surface area contributed by atoms with Crippen LogP contribution in [0.1, 0.15) is 5.82 Å². The van der Waals surface area contributed by atoms with Gasteiger partial charge in [0.2, 0.25) is 5.88 Å². The van der Waals surface area contributed by atoms with Crippen molar-refractivity contribution in [2.24, 2.45) is 0 Å². The van der Waals surface area contributed by atoms with Gasteiger partial charge >= 0.3 is 0 Å². The third-order valence-electron chi connectivity index (χ3n) is 3.03. The zero-order valence-corrected chi connectivity index (χ0v) is 14.1. The summed E-state index contributed by atoms with van der Waals surface area (Å²) in [6.07, 6.45) is 0. The largest absolute Gasteiger partial charge is 0.481 e. The molecule has 0 bridgehead atoms. The molecule has 0 atom stereocenters. The van der Waals surface area contributed by atoms with Gasteiger partial charge in [0.05, 0.1) is 23.7 Å². The average molecular weight is 387 g/mol. The minimum atomic E-state index is 0.255. The Kier molecular flexibility index (Phi) is 4.06. The number of benzene rings is 1. The van der Waals surface area contributed by atoms with Gasteiger partial charge < -0.3 is 4.74 Å². The molecule has 0 aliphatic rings. The number of hydrogen-bond acceptors (Lipinski definition) is 3. The highest BCUT2D eigenvalue weighted by Crippen LogP contribution is 2.29. The van der Waals surface area contributed by atoms with E-state index in [0.29, 0.717) is 22.4 Å². The highest BCUT2D eigenvalue weighted by atomic mass is 79.9. The molecule has 0 unspecified atom stereocenters. The molecule has 0 fully saturated rings. The van der Waals surface area contributed by atoms with E-state index in [0.717, 1.165) is 15.7 Å². The van der Waals surface area contributed by atoms with E-state index in [-0.39, 0.29) is 5.88 Å². The Morgan fingerprint density at radius 2 is 2.05 bits per heavy atom. The van der Waals surface area contributed by atoms with Gasteiger partial charge in [-0.05, 0) is 24.3 Å². The average Bonchev–Trinajstić information content (AvgIpc) is 2.84. The minimum absolute atomic E-state index is 0.255. The Hall–Kier alpha value is -1.30. The maximum atomic E-state index is 6.34. The number of hydrogen-bond donors (Lipinski definition) is 0. The second kappa shape index (κ2) is 5.83. The lowest BCUT2D eigenvalue weighted by Crippen LogP contribution is -2.01. The highest BCUT2D eigenvalue weighted by Gasteiger charge is 2.16. The van der Waals surface area contributed by atoms with E-state index >= 15 is 0 Å². The standard InChI is InChI=1S/C14H10BrCl2N3O/c1-21-13-5-3-10-14(19-13)20(12(7-16)18-10)11-4-2-8(15)6-9(11)17/h2-6H,7H2,1H3. The van der Waals surface area contributed by atoms with Gasteiger partial charge in [-0.15, -0.1) is 11.6 Å². The molecule has 1 aromatic carbocycles. The molecule has 0 aliphatic heterocycles. The molecular weight excluding hydrogens is 377 g/mol. The van der Waals surface area contributed by atoms with E-state index in [1.807, 2.05) is 28.8 Å². The number of rotatable bonds is 3. The second-order valence-corrected chi connectivity index (χ2v) is 5.88. The number of imidazole rings is 1. The zero-order valence-electron chi connectivity index (χ0n) is 11.0. The number of aromatic nitrogens is 3. The van der Waals surface area contributed by atoms with Crippen LogP contribution in [0.3, 0.4) is 0 Å². The molecule has 2 heterocycles. The monoisotopic (exact) mass is 385 g/mol. The van der Waals surface area contributed by atoms with Gasteiger partial charge in [0.25, 0.3) is 0 Å². The summed E-state index contributed by atoms with van der Waals surface area (Å²) in [6.45, 7) is 0. The molecule has 0 saturated heterocycles. The fourth-order valence-electron chi connectivity index (χ4n) is 2.11. The van der Waals surface area contributed by atoms with Crippen LogP contribution in [0.4, 0.5) is 0 Å². The topological polar surface area (TPSA) is 39.9 Å². The Bertz CT molecular complexity index is 819. The van der Waals surface area contributed by atoms with Crippen molar-refractivity contribution in [3.63, 3.8) is 0 Å². The first-order valence-electron chi connectivity index (χ1n) is 6.08. The Labute approximate surface area is 139 Å². The number of methoxy groups -OCH3 is 1. The first-order chi connectivity index (χ1) is 10.1. The van der Waals surface area contributed by atoms with E-state index in [1.54, 1.807) is 13.2 Å². The second-order valence-electron chi connectivity index (χ2n) is 4.29. The first kappa shape index (κ1) is 14.6. The molecule has 0 spiro atoms. The summed E-state index contributed by atoms with van der Waals surface area (Å²) in [7, 11) is 1.57. The number of fused-ring (bicyclic) bond motifs is 1. The summed E-state index contributed by atoms with van der Waals surface area (Å²) in [5, 5.41) is 0.583. The molecule has 3 aromatic rings. The third kappa shape index (κ3) is 2.61. The summed E-state index contributed by atoms with van der Waals surface area (Å²) in [5.74, 6) is 1.44. The maximum Gasteiger partial charge on any atom is 0.215 e. The predicted molar refractivity (Wildman–Crippen MR) is 87.7 cm³/mol. The summed E-state index contributed by atoms with van der Waals surface area (Å²) < 4.78 is 7.93. The summed E-state index contributed by atoms with van der Waals surface area (Å²) in [5.41, 5.74) is 2.18. The SMILES string of the molecule is COc1ccc2nc(CCl)n(-c3ccc(Br)cc3Cl)c2n1. The molecule has 21 heavy (non-hydrogen) atoms. The van der Waals surface area contributed by atoms with Gasteiger partial charge in [0.15, 0.2) is 5.65 Å². The molecule has 4 nitrogen and oxygen atoms in total. The maximum absolute atomic E-state index is 6.34. The van der Waals surface area contributed by atoms with Crippen LogP contribution in [0.2, 0.25) is 5.02 Å². The van der Waals surface area contributed by atoms with Crippen LogP contribution in [-0.4, -0.2) is 21.6 Å². The number of nitrogens with zero attached hydrogens (tertiary/aromatic N) is 3. The van der Waals surface area contributed by atoms with Crippen LogP contribution in [-0.2, 0) is 5.88 Å². The molecule has 108 valence electrons. The minimum Gasteiger partial charge on any atom is -0.481 e. The van der Waals surface area contributed by atoms with Crippen LogP contribution in [0.25, 0.3) is 16.9 Å². The Morgan fingerprint density at radius 1 is 1.24 bits per heavy atom. The quantitative estimate of drug-likeness (QED) is 0.618. The van der Waals surface area contributed by atoms with Crippen LogP contribution < -0.4 is 4.74 Å². The fourth-order valence-corrected chi connectivity index (χ4v) is 3.04. The van der Waals surface area contributed by atoms with Crippen molar-refractivity contribution in [2.45, 2.75) is 5.88 Å². The fraction of sp³-hybridized carbons (Fsp3) is 0.143. The van der Waals surface area contributed by atoms with E-state index < -0.39 is 0 Å². The van der Waals surface area contributed by atoms with Crippen LogP contribution in [0.15, 0.2) is 34.8 Å². The van der Waals surface area contributed by atoms with Crippen molar-refractivity contribution in [1.29, 1.82) is 0 Å². The van der Waals surface area contributed by atoms with Gasteiger partial charge in [-0.1, -0.05) is 27.5 Å². The molecule has 0 saturated carbocycles. The number of alkyl halides is 1. The number of ether oxygens (including phenoxy) is 1. The van der Waals surface area contributed by atoms with Crippen LogP contribution >= 0.6 is 39.1 Å². The van der Waals surface area contributed by atoms with E-state index in [9.17, 15) is 0 Å². The molecule has 3 rings (SSSR count). The van der Waals surface area contributed by atoms with Crippen molar-refractivity contribution >= 4 is 50.3 Å². The van der Waals surface area contributed by atoms with Gasteiger partial charge in [-0.2, -0.15) is 4.98 Å². The molecule has 2 aromatic heterocycles. The van der Waals surface area contributed by atoms with Crippen molar-refractivity contribution in [1.82, 2.24) is 14.5 Å². The highest BCUT2D eigenvalue weighted by molar-refractivity contribution is 9.10. The number of pyridine rings is 1. The zero-order chi connectivity index (χ0) is 15.0. The lowest BCUT2D eigenvalue weighted by Gasteiger charge is -2.10. The molecule has 0 aliphatic carbocycles. The Balaban J connectivity index is 2.33. The summed E-state index contributed by atoms with van der Waals surface area (Å²) >= 11 is 15.8. The van der Waals surface area contributed by atoms with Crippen molar-refractivity contribution < 1.29 is 4.74 Å². The molecule has 0 N–H and O–H groups in total. The molecule has 0 radical (unpaired) electrons. The lowest BCUT2D eigenvalue weighted by molar-refractivity contribution is 0.399. The van der Waals surface area contributed by atoms with Gasteiger partial charge in [-0.25, -0.2) is 4.98 Å².